The highest BCUT2D eigenvalue weighted by atomic mass is 16.4. The van der Waals surface area contributed by atoms with Crippen molar-refractivity contribution in [3.63, 3.8) is 0 Å². The van der Waals surface area contributed by atoms with Crippen molar-refractivity contribution in [2.75, 3.05) is 20.1 Å². The molecule has 1 atom stereocenters. The molecule has 0 aliphatic heterocycles. The van der Waals surface area contributed by atoms with Crippen LogP contribution in [0.2, 0.25) is 0 Å². The summed E-state index contributed by atoms with van der Waals surface area (Å²) in [6.45, 7) is 5.55. The number of hydrogen-bond acceptors (Lipinski definition) is 3. The van der Waals surface area contributed by atoms with Gasteiger partial charge < -0.3 is 10.0 Å². The Bertz CT molecular complexity index is 482. The van der Waals surface area contributed by atoms with E-state index in [4.69, 9.17) is 5.11 Å². The number of carbonyl (C=O) groups excluding carboxylic acids is 1. The summed E-state index contributed by atoms with van der Waals surface area (Å²) in [6, 6.07) is 7.49. The Balaban J connectivity index is 2.80. The lowest BCUT2D eigenvalue weighted by atomic mass is 9.93. The van der Waals surface area contributed by atoms with Crippen LogP contribution >= 0.6 is 0 Å². The second kappa shape index (κ2) is 9.36. The average Bonchev–Trinajstić information content (AvgIpc) is 2.51. The van der Waals surface area contributed by atoms with Crippen molar-refractivity contribution in [2.45, 2.75) is 39.5 Å². The Morgan fingerprint density at radius 1 is 1.18 bits per heavy atom. The van der Waals surface area contributed by atoms with Crippen molar-refractivity contribution < 1.29 is 14.7 Å². The molecule has 1 unspecified atom stereocenters. The van der Waals surface area contributed by atoms with Crippen molar-refractivity contribution in [3.8, 4) is 0 Å². The van der Waals surface area contributed by atoms with Gasteiger partial charge in [-0.25, -0.2) is 0 Å². The van der Waals surface area contributed by atoms with Gasteiger partial charge in [0.2, 0.25) is 0 Å². The number of aliphatic carboxylic acids is 1. The lowest BCUT2D eigenvalue weighted by Gasteiger charge is -2.22. The number of carboxylic acid groups (broad SMARTS) is 1. The van der Waals surface area contributed by atoms with Crippen LogP contribution < -0.4 is 0 Å². The van der Waals surface area contributed by atoms with E-state index in [0.29, 0.717) is 12.1 Å². The molecular formula is C18H27NO3. The summed E-state index contributed by atoms with van der Waals surface area (Å²) in [5, 5.41) is 9.08. The normalized spacial score (nSPS) is 12.4. The van der Waals surface area contributed by atoms with Gasteiger partial charge in [0.15, 0.2) is 5.78 Å². The predicted octanol–water partition coefficient (Wildman–Crippen LogP) is 3.25. The second-order valence-corrected chi connectivity index (χ2v) is 5.83. The zero-order valence-corrected chi connectivity index (χ0v) is 13.8. The number of carbonyl (C=O) groups is 2. The molecule has 1 aromatic carbocycles. The molecule has 0 heterocycles. The van der Waals surface area contributed by atoms with Gasteiger partial charge in [-0.1, -0.05) is 44.5 Å². The highest BCUT2D eigenvalue weighted by molar-refractivity contribution is 5.99. The minimum Gasteiger partial charge on any atom is -0.481 e. The molecule has 0 aromatic heterocycles. The van der Waals surface area contributed by atoms with E-state index in [2.05, 4.69) is 18.7 Å². The van der Waals surface area contributed by atoms with E-state index in [1.54, 1.807) is 0 Å². The summed E-state index contributed by atoms with van der Waals surface area (Å²) in [7, 11) is 1.94. The molecule has 0 spiro atoms. The molecule has 4 nitrogen and oxygen atoms in total. The number of unbranched alkanes of at least 4 members (excludes halogenated alkanes) is 1. The van der Waals surface area contributed by atoms with E-state index < -0.39 is 11.9 Å². The molecule has 0 saturated carbocycles. The first-order valence-electron chi connectivity index (χ1n) is 8.01. The highest BCUT2D eigenvalue weighted by Gasteiger charge is 2.24. The lowest BCUT2D eigenvalue weighted by molar-refractivity contribution is -0.137. The van der Waals surface area contributed by atoms with Crippen LogP contribution in [0.15, 0.2) is 24.3 Å². The summed E-state index contributed by atoms with van der Waals surface area (Å²) in [5.74, 6) is -1.49. The molecule has 0 radical (unpaired) electrons. The summed E-state index contributed by atoms with van der Waals surface area (Å²) < 4.78 is 0. The van der Waals surface area contributed by atoms with Crippen LogP contribution in [-0.2, 0) is 11.2 Å². The van der Waals surface area contributed by atoms with Crippen LogP contribution in [0.4, 0.5) is 0 Å². The molecule has 0 saturated heterocycles. The van der Waals surface area contributed by atoms with Gasteiger partial charge in [-0.15, -0.1) is 0 Å². The number of nitrogens with zero attached hydrogens (tertiary/aromatic N) is 1. The van der Waals surface area contributed by atoms with Crippen LogP contribution in [-0.4, -0.2) is 41.9 Å². The minimum absolute atomic E-state index is 0.0756. The van der Waals surface area contributed by atoms with Crippen molar-refractivity contribution in [1.29, 1.82) is 0 Å². The minimum atomic E-state index is -0.924. The monoisotopic (exact) mass is 305 g/mol. The fraction of sp³-hybridized carbons (Fsp3) is 0.556. The zero-order valence-electron chi connectivity index (χ0n) is 13.8. The molecule has 22 heavy (non-hydrogen) atoms. The van der Waals surface area contributed by atoms with Gasteiger partial charge in [0.1, 0.15) is 0 Å². The Kier molecular flexibility index (Phi) is 7.82. The number of aryl methyl sites for hydroxylation is 1. The maximum atomic E-state index is 12.6. The van der Waals surface area contributed by atoms with Crippen LogP contribution in [0.5, 0.6) is 0 Å². The third-order valence-corrected chi connectivity index (χ3v) is 3.86. The largest absolute Gasteiger partial charge is 0.481 e. The molecule has 0 amide bonds. The first-order valence-corrected chi connectivity index (χ1v) is 8.01. The number of Topliss-reactive ketones (excluding diaryl/α,β-unsaturated/α-hetero) is 1. The fourth-order valence-electron chi connectivity index (χ4n) is 2.49. The average molecular weight is 305 g/mol. The smallest absolute Gasteiger partial charge is 0.304 e. The third kappa shape index (κ3) is 5.98. The van der Waals surface area contributed by atoms with Gasteiger partial charge in [-0.05, 0) is 32.0 Å². The summed E-state index contributed by atoms with van der Waals surface area (Å²) >= 11 is 0. The van der Waals surface area contributed by atoms with E-state index in [1.165, 1.54) is 5.56 Å². The van der Waals surface area contributed by atoms with Gasteiger partial charge in [-0.2, -0.15) is 0 Å². The first kappa shape index (κ1) is 18.4. The molecule has 1 rings (SSSR count). The Morgan fingerprint density at radius 3 is 2.32 bits per heavy atom. The van der Waals surface area contributed by atoms with E-state index in [0.717, 1.165) is 25.8 Å². The Hall–Kier alpha value is -1.68. The number of hydrogen-bond donors (Lipinski definition) is 1. The maximum absolute atomic E-state index is 12.6. The molecule has 4 heteroatoms. The van der Waals surface area contributed by atoms with Crippen LogP contribution in [0.3, 0.4) is 0 Å². The molecule has 1 N–H and O–H groups in total. The zero-order chi connectivity index (χ0) is 16.5. The fourth-order valence-corrected chi connectivity index (χ4v) is 2.49. The summed E-state index contributed by atoms with van der Waals surface area (Å²) in [6.07, 6.45) is 2.94. The molecule has 0 bridgehead atoms. The van der Waals surface area contributed by atoms with Gasteiger partial charge in [0.05, 0.1) is 6.42 Å². The lowest BCUT2D eigenvalue weighted by Crippen LogP contribution is -2.32. The van der Waals surface area contributed by atoms with E-state index in [-0.39, 0.29) is 12.2 Å². The Morgan fingerprint density at radius 2 is 1.82 bits per heavy atom. The molecule has 0 aliphatic carbocycles. The summed E-state index contributed by atoms with van der Waals surface area (Å²) in [5.41, 5.74) is 1.78. The first-order chi connectivity index (χ1) is 10.5. The maximum Gasteiger partial charge on any atom is 0.304 e. The second-order valence-electron chi connectivity index (χ2n) is 5.83. The van der Waals surface area contributed by atoms with Crippen molar-refractivity contribution in [3.05, 3.63) is 35.4 Å². The summed E-state index contributed by atoms with van der Waals surface area (Å²) in [4.78, 5) is 25.7. The Labute approximate surface area is 133 Å². The van der Waals surface area contributed by atoms with Crippen LogP contribution in [0.1, 0.15) is 49.0 Å². The highest BCUT2D eigenvalue weighted by Crippen LogP contribution is 2.16. The number of benzene rings is 1. The van der Waals surface area contributed by atoms with Gasteiger partial charge in [0.25, 0.3) is 0 Å². The van der Waals surface area contributed by atoms with Crippen molar-refractivity contribution in [1.82, 2.24) is 4.90 Å². The number of carboxylic acids is 1. The van der Waals surface area contributed by atoms with Crippen LogP contribution in [0, 0.1) is 5.92 Å². The topological polar surface area (TPSA) is 57.6 Å². The van der Waals surface area contributed by atoms with Gasteiger partial charge >= 0.3 is 5.97 Å². The van der Waals surface area contributed by atoms with Gasteiger partial charge in [-0.3, -0.25) is 9.59 Å². The predicted molar refractivity (Wildman–Crippen MR) is 88.3 cm³/mol. The van der Waals surface area contributed by atoms with Crippen molar-refractivity contribution >= 4 is 11.8 Å². The number of rotatable bonds is 10. The molecule has 0 aliphatic rings. The van der Waals surface area contributed by atoms with Gasteiger partial charge in [0, 0.05) is 18.0 Å². The number of ketones is 1. The van der Waals surface area contributed by atoms with E-state index in [1.807, 2.05) is 31.3 Å². The standard InChI is InChI=1S/C18H27NO3/c1-4-6-11-19(3)13-16(12-17(20)21)18(22)15-9-7-14(5-2)8-10-15/h7-10,16H,4-6,11-13H2,1-3H3,(H,20,21). The molecular weight excluding hydrogens is 278 g/mol. The molecule has 1 aromatic rings. The molecule has 0 fully saturated rings. The quantitative estimate of drug-likeness (QED) is 0.674. The van der Waals surface area contributed by atoms with Crippen molar-refractivity contribution in [2.24, 2.45) is 5.92 Å². The molecule has 122 valence electrons. The van der Waals surface area contributed by atoms with E-state index in [9.17, 15) is 9.59 Å². The van der Waals surface area contributed by atoms with Crippen LogP contribution in [0.25, 0.3) is 0 Å². The van der Waals surface area contributed by atoms with E-state index >= 15 is 0 Å². The third-order valence-electron chi connectivity index (χ3n) is 3.86. The SMILES string of the molecule is CCCCN(C)CC(CC(=O)O)C(=O)c1ccc(CC)cc1.